The van der Waals surface area contributed by atoms with Crippen molar-refractivity contribution in [1.29, 1.82) is 0 Å². The molecular formula is C45H82N2O5. The van der Waals surface area contributed by atoms with Crippen LogP contribution in [0.2, 0.25) is 0 Å². The topological polar surface area (TPSA) is 76.2 Å². The van der Waals surface area contributed by atoms with Crippen LogP contribution in [0.25, 0.3) is 0 Å². The second-order valence-corrected chi connectivity index (χ2v) is 15.6. The number of rotatable bonds is 35. The second kappa shape index (κ2) is 34.6. The lowest BCUT2D eigenvalue weighted by atomic mass is 10.1. The maximum absolute atomic E-state index is 12.9. The van der Waals surface area contributed by atoms with E-state index in [4.69, 9.17) is 9.47 Å². The highest BCUT2D eigenvalue weighted by Gasteiger charge is 2.40. The number of unbranched alkanes of at least 4 members (excludes halogenated alkanes) is 22. The van der Waals surface area contributed by atoms with Crippen molar-refractivity contribution < 1.29 is 23.9 Å². The number of esters is 2. The molecule has 1 aliphatic heterocycles. The van der Waals surface area contributed by atoms with Crippen LogP contribution < -0.4 is 0 Å². The van der Waals surface area contributed by atoms with Crippen LogP contribution in [-0.4, -0.2) is 73.6 Å². The first-order valence-corrected chi connectivity index (χ1v) is 22.0. The number of hydrogen-bond donors (Lipinski definition) is 0. The molecule has 1 amide bonds. The summed E-state index contributed by atoms with van der Waals surface area (Å²) in [6.07, 6.45) is 40.7. The van der Waals surface area contributed by atoms with Gasteiger partial charge in [-0.15, -0.1) is 0 Å². The summed E-state index contributed by atoms with van der Waals surface area (Å²) in [5.74, 6) is -0.519. The quantitative estimate of drug-likeness (QED) is 0.0367. The third-order valence-corrected chi connectivity index (χ3v) is 10.2. The van der Waals surface area contributed by atoms with Crippen LogP contribution in [0, 0.1) is 0 Å². The summed E-state index contributed by atoms with van der Waals surface area (Å²) < 4.78 is 11.7. The minimum Gasteiger partial charge on any atom is -0.456 e. The Balaban J connectivity index is 2.27. The zero-order chi connectivity index (χ0) is 37.9. The van der Waals surface area contributed by atoms with Gasteiger partial charge < -0.3 is 19.3 Å². The van der Waals surface area contributed by atoms with E-state index in [0.29, 0.717) is 25.8 Å². The van der Waals surface area contributed by atoms with Crippen LogP contribution in [0.3, 0.4) is 0 Å². The first-order valence-electron chi connectivity index (χ1n) is 22.0. The maximum Gasteiger partial charge on any atom is 0.306 e. The predicted molar refractivity (Wildman–Crippen MR) is 218 cm³/mol. The van der Waals surface area contributed by atoms with Gasteiger partial charge in [0.2, 0.25) is 5.91 Å². The van der Waals surface area contributed by atoms with Crippen LogP contribution in [0.5, 0.6) is 0 Å². The lowest BCUT2D eigenvalue weighted by Crippen LogP contribution is -2.33. The Morgan fingerprint density at radius 1 is 0.500 bits per heavy atom. The Labute approximate surface area is 321 Å². The van der Waals surface area contributed by atoms with Crippen molar-refractivity contribution >= 4 is 17.8 Å². The number of amides is 1. The molecule has 0 aromatic heterocycles. The van der Waals surface area contributed by atoms with E-state index in [1.807, 2.05) is 19.0 Å². The molecule has 0 N–H and O–H groups in total. The van der Waals surface area contributed by atoms with Crippen LogP contribution in [0.1, 0.15) is 200 Å². The Morgan fingerprint density at radius 3 is 1.17 bits per heavy atom. The molecule has 1 heterocycles. The van der Waals surface area contributed by atoms with Crippen molar-refractivity contribution in [1.82, 2.24) is 9.80 Å². The number of nitrogens with zero attached hydrogens (tertiary/aromatic N) is 2. The van der Waals surface area contributed by atoms with Gasteiger partial charge in [0.25, 0.3) is 0 Å². The van der Waals surface area contributed by atoms with Crippen molar-refractivity contribution in [3.05, 3.63) is 24.3 Å². The smallest absolute Gasteiger partial charge is 0.306 e. The fourth-order valence-electron chi connectivity index (χ4n) is 6.79. The Hall–Kier alpha value is -2.15. The number of hydrogen-bond acceptors (Lipinski definition) is 6. The van der Waals surface area contributed by atoms with Gasteiger partial charge in [0.15, 0.2) is 12.2 Å². The van der Waals surface area contributed by atoms with Crippen molar-refractivity contribution in [2.45, 2.75) is 212 Å². The van der Waals surface area contributed by atoms with Crippen molar-refractivity contribution in [3.8, 4) is 0 Å². The molecular weight excluding hydrogens is 649 g/mol. The highest BCUT2D eigenvalue weighted by molar-refractivity contribution is 5.77. The molecule has 52 heavy (non-hydrogen) atoms. The fraction of sp³-hybridized carbons (Fsp3) is 0.844. The summed E-state index contributed by atoms with van der Waals surface area (Å²) in [6.45, 7) is 5.75. The molecule has 1 aliphatic rings. The molecule has 302 valence electrons. The van der Waals surface area contributed by atoms with E-state index in [2.05, 4.69) is 38.2 Å². The van der Waals surface area contributed by atoms with E-state index in [9.17, 15) is 14.4 Å². The Bertz CT molecular complexity index is 871. The average Bonchev–Trinajstić information content (AvgIpc) is 3.51. The van der Waals surface area contributed by atoms with E-state index in [1.165, 1.54) is 116 Å². The summed E-state index contributed by atoms with van der Waals surface area (Å²) in [7, 11) is 3.88. The molecule has 0 spiro atoms. The predicted octanol–water partition coefficient (Wildman–Crippen LogP) is 11.7. The zero-order valence-corrected chi connectivity index (χ0v) is 34.5. The summed E-state index contributed by atoms with van der Waals surface area (Å²) in [5, 5.41) is 0. The number of ether oxygens (including phenoxy) is 2. The number of likely N-dealkylation sites (tertiary alicyclic amines) is 1. The molecule has 0 bridgehead atoms. The van der Waals surface area contributed by atoms with E-state index in [1.54, 1.807) is 4.90 Å². The third kappa shape index (κ3) is 28.4. The lowest BCUT2D eigenvalue weighted by Gasteiger charge is -2.19. The number of allylic oxidation sites excluding steroid dienone is 4. The molecule has 1 fully saturated rings. The Kier molecular flexibility index (Phi) is 31.9. The highest BCUT2D eigenvalue weighted by atomic mass is 16.6. The van der Waals surface area contributed by atoms with Gasteiger partial charge in [-0.25, -0.2) is 0 Å². The van der Waals surface area contributed by atoms with E-state index >= 15 is 0 Å². The summed E-state index contributed by atoms with van der Waals surface area (Å²) >= 11 is 0. The molecule has 0 aromatic carbocycles. The highest BCUT2D eigenvalue weighted by Crippen LogP contribution is 2.21. The molecule has 0 aliphatic carbocycles. The van der Waals surface area contributed by atoms with E-state index < -0.39 is 12.2 Å². The van der Waals surface area contributed by atoms with Gasteiger partial charge in [-0.2, -0.15) is 0 Å². The van der Waals surface area contributed by atoms with Gasteiger partial charge in [0, 0.05) is 25.8 Å². The molecule has 1 saturated heterocycles. The SMILES string of the molecule is CCCCCCCCC=CCCCCCCCC(=O)OC1CN(C(=O)CCN(C)C)C[C@H]1OC(=O)CCCCCCCC=CCCCCCCCC. The molecule has 7 nitrogen and oxygen atoms in total. The summed E-state index contributed by atoms with van der Waals surface area (Å²) in [5.41, 5.74) is 0. The molecule has 0 saturated carbocycles. The standard InChI is InChI=1S/C45H82N2O5/c1-5-7-9-11-13-15-17-19-21-23-25-27-29-31-33-35-44(49)51-41-39-47(43(48)37-38-46(3)4)40-42(41)52-45(50)36-34-32-30-28-26-24-22-20-18-16-14-12-10-8-6-2/h19-22,41-42H,5-18,23-40H2,1-4H3/t41-,42?/m1/s1. The average molecular weight is 731 g/mol. The monoisotopic (exact) mass is 731 g/mol. The van der Waals surface area contributed by atoms with E-state index in [0.717, 1.165) is 51.4 Å². The fourth-order valence-corrected chi connectivity index (χ4v) is 6.79. The van der Waals surface area contributed by atoms with Gasteiger partial charge in [0.1, 0.15) is 0 Å². The van der Waals surface area contributed by atoms with Gasteiger partial charge in [-0.05, 0) is 78.3 Å². The first kappa shape index (κ1) is 47.9. The molecule has 0 aromatic rings. The normalized spacial score (nSPS) is 16.1. The van der Waals surface area contributed by atoms with Gasteiger partial charge in [-0.1, -0.05) is 141 Å². The van der Waals surface area contributed by atoms with Crippen molar-refractivity contribution in [2.24, 2.45) is 0 Å². The van der Waals surface area contributed by atoms with Gasteiger partial charge >= 0.3 is 11.9 Å². The maximum atomic E-state index is 12.9. The molecule has 1 unspecified atom stereocenters. The molecule has 1 rings (SSSR count). The first-order chi connectivity index (χ1) is 25.4. The summed E-state index contributed by atoms with van der Waals surface area (Å²) in [6, 6.07) is 0. The van der Waals surface area contributed by atoms with Crippen molar-refractivity contribution in [3.63, 3.8) is 0 Å². The minimum absolute atomic E-state index is 0.00260. The molecule has 7 heteroatoms. The lowest BCUT2D eigenvalue weighted by molar-refractivity contribution is -0.164. The summed E-state index contributed by atoms with van der Waals surface area (Å²) in [4.78, 5) is 42.2. The van der Waals surface area contributed by atoms with Crippen LogP contribution in [0.4, 0.5) is 0 Å². The van der Waals surface area contributed by atoms with Crippen LogP contribution in [-0.2, 0) is 23.9 Å². The van der Waals surface area contributed by atoms with Crippen molar-refractivity contribution in [2.75, 3.05) is 33.7 Å². The van der Waals surface area contributed by atoms with Gasteiger partial charge in [0.05, 0.1) is 13.1 Å². The van der Waals surface area contributed by atoms with Gasteiger partial charge in [-0.3, -0.25) is 14.4 Å². The molecule has 2 atom stereocenters. The Morgan fingerprint density at radius 2 is 0.827 bits per heavy atom. The third-order valence-electron chi connectivity index (χ3n) is 10.2. The largest absolute Gasteiger partial charge is 0.456 e. The van der Waals surface area contributed by atoms with Crippen LogP contribution in [0.15, 0.2) is 24.3 Å². The minimum atomic E-state index is -0.600. The number of carbonyl (C=O) groups excluding carboxylic acids is 3. The van der Waals surface area contributed by atoms with Crippen LogP contribution >= 0.6 is 0 Å². The zero-order valence-electron chi connectivity index (χ0n) is 34.5. The number of carbonyl (C=O) groups is 3. The van der Waals surface area contributed by atoms with E-state index in [-0.39, 0.29) is 30.9 Å². The second-order valence-electron chi connectivity index (χ2n) is 15.6. The molecule has 0 radical (unpaired) electrons.